The average Bonchev–Trinajstić information content (AvgIpc) is 3.31. The van der Waals surface area contributed by atoms with Gasteiger partial charge in [0, 0.05) is 57.5 Å². The molecule has 0 bridgehead atoms. The van der Waals surface area contributed by atoms with E-state index >= 15 is 0 Å². The van der Waals surface area contributed by atoms with E-state index in [1.165, 1.54) is 5.56 Å². The molecular formula is C21H29IN6O3. The summed E-state index contributed by atoms with van der Waals surface area (Å²) in [6.07, 6.45) is 4.64. The Balaban J connectivity index is 0.00000272. The number of hydrogen-bond donors (Lipinski definition) is 1. The second-order valence-electron chi connectivity index (χ2n) is 7.64. The van der Waals surface area contributed by atoms with E-state index in [1.807, 2.05) is 24.2 Å². The number of carbonyl (C=O) groups is 1. The van der Waals surface area contributed by atoms with Crippen LogP contribution in [0.4, 0.5) is 5.69 Å². The number of rotatable bonds is 4. The second kappa shape index (κ2) is 9.75. The Labute approximate surface area is 199 Å². The first-order valence-corrected chi connectivity index (χ1v) is 10.1. The molecule has 2 aromatic rings. The van der Waals surface area contributed by atoms with E-state index < -0.39 is 0 Å². The lowest BCUT2D eigenvalue weighted by molar-refractivity contribution is -0.120. The lowest BCUT2D eigenvalue weighted by atomic mass is 10.1. The number of aryl methyl sites for hydroxylation is 1. The van der Waals surface area contributed by atoms with Gasteiger partial charge < -0.3 is 24.6 Å². The van der Waals surface area contributed by atoms with E-state index in [4.69, 9.17) is 9.47 Å². The molecule has 168 valence electrons. The van der Waals surface area contributed by atoms with Gasteiger partial charge in [0.2, 0.25) is 5.91 Å². The van der Waals surface area contributed by atoms with E-state index in [9.17, 15) is 4.79 Å². The van der Waals surface area contributed by atoms with Gasteiger partial charge in [-0.25, -0.2) is 0 Å². The fraction of sp³-hybridized carbons (Fsp3) is 0.476. The summed E-state index contributed by atoms with van der Waals surface area (Å²) in [6, 6.07) is 4.08. The maximum atomic E-state index is 12.7. The van der Waals surface area contributed by atoms with E-state index in [0.717, 1.165) is 29.2 Å². The molecule has 1 atom stereocenters. The van der Waals surface area contributed by atoms with Crippen molar-refractivity contribution in [3.8, 4) is 11.5 Å². The Kier molecular flexibility index (Phi) is 7.29. The molecule has 1 aromatic carbocycles. The van der Waals surface area contributed by atoms with Gasteiger partial charge in [0.15, 0.2) is 5.96 Å². The molecule has 0 radical (unpaired) electrons. The van der Waals surface area contributed by atoms with Crippen molar-refractivity contribution in [3.05, 3.63) is 35.7 Å². The number of fused-ring (bicyclic) bond motifs is 1. The summed E-state index contributed by atoms with van der Waals surface area (Å²) in [5.74, 6) is 2.45. The number of nitrogens with zero attached hydrogens (tertiary/aromatic N) is 5. The number of methoxy groups -OCH3 is 1. The molecule has 0 spiro atoms. The van der Waals surface area contributed by atoms with Gasteiger partial charge in [0.05, 0.1) is 19.0 Å². The largest absolute Gasteiger partial charge is 0.496 e. The summed E-state index contributed by atoms with van der Waals surface area (Å²) in [5.41, 5.74) is 2.98. The van der Waals surface area contributed by atoms with Crippen LogP contribution in [0.1, 0.15) is 18.1 Å². The average molecular weight is 540 g/mol. The van der Waals surface area contributed by atoms with E-state index in [1.54, 1.807) is 29.9 Å². The molecule has 2 aliphatic rings. The van der Waals surface area contributed by atoms with Gasteiger partial charge in [0.25, 0.3) is 0 Å². The number of nitrogens with one attached hydrogen (secondary N) is 1. The van der Waals surface area contributed by atoms with Gasteiger partial charge >= 0.3 is 0 Å². The molecule has 10 heteroatoms. The summed E-state index contributed by atoms with van der Waals surface area (Å²) in [6.45, 7) is 4.12. The zero-order chi connectivity index (χ0) is 21.3. The Morgan fingerprint density at radius 3 is 2.84 bits per heavy atom. The minimum atomic E-state index is 0. The van der Waals surface area contributed by atoms with Gasteiger partial charge in [0.1, 0.15) is 24.1 Å². The number of halogens is 1. The fourth-order valence-electron chi connectivity index (χ4n) is 3.99. The van der Waals surface area contributed by atoms with Gasteiger partial charge in [-0.3, -0.25) is 14.5 Å². The van der Waals surface area contributed by atoms with Gasteiger partial charge in [-0.2, -0.15) is 5.10 Å². The molecule has 9 nitrogen and oxygen atoms in total. The van der Waals surface area contributed by atoms with Crippen molar-refractivity contribution in [1.82, 2.24) is 20.0 Å². The lowest BCUT2D eigenvalue weighted by Crippen LogP contribution is -2.55. The number of piperazine rings is 1. The Bertz CT molecular complexity index is 976. The minimum absolute atomic E-state index is 0. The van der Waals surface area contributed by atoms with Gasteiger partial charge in [-0.1, -0.05) is 0 Å². The van der Waals surface area contributed by atoms with Crippen LogP contribution in [0.3, 0.4) is 0 Å². The molecule has 1 unspecified atom stereocenters. The molecule has 1 saturated heterocycles. The van der Waals surface area contributed by atoms with Crippen molar-refractivity contribution in [2.45, 2.75) is 26.0 Å². The topological polar surface area (TPSA) is 84.2 Å². The SMILES string of the molecule is CN=C(NCc1cc2c(cc1OC)CC(C)O2)N1CCN(c2cnn(C)c2)C(=O)C1.I. The molecule has 3 heterocycles. The number of ether oxygens (including phenoxy) is 2. The maximum Gasteiger partial charge on any atom is 0.246 e. The van der Waals surface area contributed by atoms with Gasteiger partial charge in [-0.05, 0) is 19.1 Å². The van der Waals surface area contributed by atoms with Crippen LogP contribution < -0.4 is 19.7 Å². The quantitative estimate of drug-likeness (QED) is 0.362. The number of hydrogen-bond acceptors (Lipinski definition) is 5. The zero-order valence-corrected chi connectivity index (χ0v) is 20.6. The van der Waals surface area contributed by atoms with Crippen LogP contribution in [0.5, 0.6) is 11.5 Å². The van der Waals surface area contributed by atoms with Crippen molar-refractivity contribution in [3.63, 3.8) is 0 Å². The highest BCUT2D eigenvalue weighted by atomic mass is 127. The van der Waals surface area contributed by atoms with Crippen LogP contribution in [0.15, 0.2) is 29.5 Å². The van der Waals surface area contributed by atoms with Crippen molar-refractivity contribution < 1.29 is 14.3 Å². The molecule has 1 amide bonds. The number of guanidine groups is 1. The maximum absolute atomic E-state index is 12.7. The minimum Gasteiger partial charge on any atom is -0.496 e. The highest BCUT2D eigenvalue weighted by Crippen LogP contribution is 2.35. The molecule has 31 heavy (non-hydrogen) atoms. The van der Waals surface area contributed by atoms with Crippen LogP contribution in [0.2, 0.25) is 0 Å². The number of amides is 1. The van der Waals surface area contributed by atoms with Gasteiger partial charge in [-0.15, -0.1) is 24.0 Å². The van der Waals surface area contributed by atoms with Crippen molar-refractivity contribution >= 4 is 41.5 Å². The highest BCUT2D eigenvalue weighted by Gasteiger charge is 2.28. The van der Waals surface area contributed by atoms with E-state index in [-0.39, 0.29) is 42.5 Å². The monoisotopic (exact) mass is 540 g/mol. The van der Waals surface area contributed by atoms with Crippen LogP contribution in [-0.4, -0.2) is 66.4 Å². The van der Waals surface area contributed by atoms with Crippen LogP contribution in [-0.2, 0) is 24.8 Å². The zero-order valence-electron chi connectivity index (χ0n) is 18.3. The number of aliphatic imine (C=N–C) groups is 1. The van der Waals surface area contributed by atoms with Crippen LogP contribution in [0.25, 0.3) is 0 Å². The first-order chi connectivity index (χ1) is 14.5. The lowest BCUT2D eigenvalue weighted by Gasteiger charge is -2.35. The first kappa shape index (κ1) is 23.2. The van der Waals surface area contributed by atoms with E-state index in [2.05, 4.69) is 28.4 Å². The Hall–Kier alpha value is -2.50. The second-order valence-corrected chi connectivity index (χ2v) is 7.64. The molecule has 0 aliphatic carbocycles. The number of anilines is 1. The third kappa shape index (κ3) is 4.89. The summed E-state index contributed by atoms with van der Waals surface area (Å²) in [7, 11) is 5.25. The molecular weight excluding hydrogens is 511 g/mol. The number of benzene rings is 1. The Morgan fingerprint density at radius 2 is 2.19 bits per heavy atom. The normalized spacial score (nSPS) is 18.4. The summed E-state index contributed by atoms with van der Waals surface area (Å²) in [5, 5.41) is 7.52. The molecule has 0 saturated carbocycles. The van der Waals surface area contributed by atoms with Crippen molar-refractivity contribution in [2.24, 2.45) is 12.0 Å². The first-order valence-electron chi connectivity index (χ1n) is 10.1. The van der Waals surface area contributed by atoms with Crippen LogP contribution in [0, 0.1) is 0 Å². The van der Waals surface area contributed by atoms with Crippen molar-refractivity contribution in [1.29, 1.82) is 0 Å². The molecule has 1 N–H and O–H groups in total. The predicted molar refractivity (Wildman–Crippen MR) is 130 cm³/mol. The standard InChI is InChI=1S/C21H28N6O3.HI/c1-14-7-15-8-18(29-4)16(9-19(15)30-14)10-23-21(22-2)26-5-6-27(20(28)13-26)17-11-24-25(3)12-17;/h8-9,11-12,14H,5-7,10,13H2,1-4H3,(H,22,23);1H. The summed E-state index contributed by atoms with van der Waals surface area (Å²) in [4.78, 5) is 20.8. The third-order valence-corrected chi connectivity index (χ3v) is 5.47. The molecule has 2 aliphatic heterocycles. The number of aromatic nitrogens is 2. The molecule has 1 aromatic heterocycles. The van der Waals surface area contributed by atoms with Crippen LogP contribution >= 0.6 is 24.0 Å². The number of carbonyl (C=O) groups excluding carboxylic acids is 1. The fourth-order valence-corrected chi connectivity index (χ4v) is 3.99. The molecule has 1 fully saturated rings. The van der Waals surface area contributed by atoms with E-state index in [0.29, 0.717) is 25.6 Å². The highest BCUT2D eigenvalue weighted by molar-refractivity contribution is 14.0. The Morgan fingerprint density at radius 1 is 1.39 bits per heavy atom. The predicted octanol–water partition coefficient (Wildman–Crippen LogP) is 1.79. The van der Waals surface area contributed by atoms with Crippen molar-refractivity contribution in [2.75, 3.05) is 38.7 Å². The summed E-state index contributed by atoms with van der Waals surface area (Å²) < 4.78 is 13.2. The molecule has 4 rings (SSSR count). The summed E-state index contributed by atoms with van der Waals surface area (Å²) >= 11 is 0. The smallest absolute Gasteiger partial charge is 0.246 e. The third-order valence-electron chi connectivity index (χ3n) is 5.47.